The van der Waals surface area contributed by atoms with Crippen LogP contribution in [0, 0.1) is 0 Å². The van der Waals surface area contributed by atoms with Crippen LogP contribution in [0.5, 0.6) is 5.75 Å². The summed E-state index contributed by atoms with van der Waals surface area (Å²) in [5, 5.41) is 12.2. The first-order valence-corrected chi connectivity index (χ1v) is 6.58. The van der Waals surface area contributed by atoms with Crippen LogP contribution in [0.2, 0.25) is 0 Å². The first-order valence-electron chi connectivity index (χ1n) is 6.58. The minimum Gasteiger partial charge on any atom is -0.486 e. The largest absolute Gasteiger partial charge is 0.486 e. The lowest BCUT2D eigenvalue weighted by molar-refractivity contribution is 0.291. The van der Waals surface area contributed by atoms with Gasteiger partial charge in [0.15, 0.2) is 5.82 Å². The van der Waals surface area contributed by atoms with Crippen molar-refractivity contribution in [2.75, 3.05) is 0 Å². The fraction of sp³-hybridized carbons (Fsp3) is 0.0625. The third kappa shape index (κ3) is 3.54. The van der Waals surface area contributed by atoms with Gasteiger partial charge in [-0.05, 0) is 17.7 Å². The summed E-state index contributed by atoms with van der Waals surface area (Å²) < 4.78 is 7.25. The van der Waals surface area contributed by atoms with Gasteiger partial charge in [0.2, 0.25) is 0 Å². The Balaban J connectivity index is 1.68. The van der Waals surface area contributed by atoms with Gasteiger partial charge >= 0.3 is 0 Å². The number of para-hydroxylation sites is 1. The third-order valence-corrected chi connectivity index (χ3v) is 2.84. The molecule has 0 unspecified atom stereocenters. The predicted octanol–water partition coefficient (Wildman–Crippen LogP) is 2.74. The van der Waals surface area contributed by atoms with Crippen molar-refractivity contribution in [2.45, 2.75) is 6.61 Å². The van der Waals surface area contributed by atoms with Crippen LogP contribution in [-0.4, -0.2) is 21.1 Å². The molecule has 2 aromatic carbocycles. The van der Waals surface area contributed by atoms with Crippen LogP contribution in [0.25, 0.3) is 0 Å². The maximum absolute atomic E-state index is 5.65. The normalized spacial score (nSPS) is 10.9. The molecule has 3 aromatic rings. The van der Waals surface area contributed by atoms with E-state index < -0.39 is 0 Å². The molecule has 5 heteroatoms. The number of hydrogen-bond acceptors (Lipinski definition) is 4. The monoisotopic (exact) mass is 278 g/mol. The van der Waals surface area contributed by atoms with Gasteiger partial charge in [-0.2, -0.15) is 5.10 Å². The van der Waals surface area contributed by atoms with Crippen LogP contribution in [0.15, 0.2) is 72.1 Å². The van der Waals surface area contributed by atoms with Crippen molar-refractivity contribution in [1.82, 2.24) is 14.9 Å². The molecule has 3 rings (SSSR count). The number of ether oxygens (including phenoxy) is 1. The van der Waals surface area contributed by atoms with Gasteiger partial charge in [-0.1, -0.05) is 48.5 Å². The maximum atomic E-state index is 5.65. The lowest BCUT2D eigenvalue weighted by Gasteiger charge is -2.04. The summed E-state index contributed by atoms with van der Waals surface area (Å²) in [6.07, 6.45) is 3.32. The second-order valence-corrected chi connectivity index (χ2v) is 4.35. The van der Waals surface area contributed by atoms with Gasteiger partial charge in [-0.3, -0.25) is 0 Å². The van der Waals surface area contributed by atoms with E-state index in [1.165, 1.54) is 0 Å². The zero-order chi connectivity index (χ0) is 14.3. The summed E-state index contributed by atoms with van der Waals surface area (Å²) in [5.41, 5.74) is 1.01. The van der Waals surface area contributed by atoms with Gasteiger partial charge in [0.05, 0.1) is 6.21 Å². The molecule has 1 heterocycles. The summed E-state index contributed by atoms with van der Waals surface area (Å²) in [4.78, 5) is 0. The fourth-order valence-corrected chi connectivity index (χ4v) is 1.78. The molecular weight excluding hydrogens is 264 g/mol. The van der Waals surface area contributed by atoms with Crippen LogP contribution in [-0.2, 0) is 6.61 Å². The van der Waals surface area contributed by atoms with E-state index in [0.717, 1.165) is 11.3 Å². The molecule has 0 atom stereocenters. The topological polar surface area (TPSA) is 52.3 Å². The Morgan fingerprint density at radius 1 is 1.00 bits per heavy atom. The van der Waals surface area contributed by atoms with Gasteiger partial charge in [0.1, 0.15) is 18.7 Å². The number of hydrogen-bond donors (Lipinski definition) is 0. The SMILES string of the molecule is C(=Nn1cnnc1COc1ccccc1)c1ccccc1. The molecule has 5 nitrogen and oxygen atoms in total. The number of benzene rings is 2. The van der Waals surface area contributed by atoms with Crippen molar-refractivity contribution >= 4 is 6.21 Å². The van der Waals surface area contributed by atoms with Crippen molar-refractivity contribution in [3.8, 4) is 5.75 Å². The zero-order valence-corrected chi connectivity index (χ0v) is 11.3. The standard InChI is InChI=1S/C16H14N4O/c1-3-7-14(8-4-1)11-18-20-13-17-19-16(20)12-21-15-9-5-2-6-10-15/h1-11,13H,12H2. The summed E-state index contributed by atoms with van der Waals surface area (Å²) in [6, 6.07) is 19.4. The van der Waals surface area contributed by atoms with E-state index in [4.69, 9.17) is 4.74 Å². The minimum absolute atomic E-state index is 0.316. The van der Waals surface area contributed by atoms with Gasteiger partial charge in [0, 0.05) is 0 Å². The Labute approximate surface area is 122 Å². The van der Waals surface area contributed by atoms with E-state index >= 15 is 0 Å². The first-order chi connectivity index (χ1) is 10.4. The van der Waals surface area contributed by atoms with E-state index in [0.29, 0.717) is 12.4 Å². The Bertz CT molecular complexity index is 707. The van der Waals surface area contributed by atoms with Gasteiger partial charge in [0.25, 0.3) is 0 Å². The molecule has 104 valence electrons. The predicted molar refractivity (Wildman–Crippen MR) is 80.2 cm³/mol. The molecule has 0 radical (unpaired) electrons. The molecule has 0 aliphatic rings. The lowest BCUT2D eigenvalue weighted by atomic mass is 10.2. The van der Waals surface area contributed by atoms with E-state index in [1.54, 1.807) is 17.2 Å². The van der Waals surface area contributed by atoms with Crippen molar-refractivity contribution in [1.29, 1.82) is 0 Å². The molecule has 0 aliphatic carbocycles. The molecule has 0 fully saturated rings. The summed E-state index contributed by atoms with van der Waals surface area (Å²) in [7, 11) is 0. The molecule has 0 aliphatic heterocycles. The van der Waals surface area contributed by atoms with Crippen molar-refractivity contribution < 1.29 is 4.74 Å². The van der Waals surface area contributed by atoms with Crippen LogP contribution >= 0.6 is 0 Å². The Hall–Kier alpha value is -2.95. The Morgan fingerprint density at radius 3 is 2.48 bits per heavy atom. The minimum atomic E-state index is 0.316. The number of nitrogens with zero attached hydrogens (tertiary/aromatic N) is 4. The van der Waals surface area contributed by atoms with E-state index in [1.807, 2.05) is 60.7 Å². The summed E-state index contributed by atoms with van der Waals surface area (Å²) in [5.74, 6) is 1.44. The highest BCUT2D eigenvalue weighted by atomic mass is 16.5. The van der Waals surface area contributed by atoms with Crippen molar-refractivity contribution in [2.24, 2.45) is 5.10 Å². The molecule has 0 N–H and O–H groups in total. The van der Waals surface area contributed by atoms with Gasteiger partial charge in [-0.15, -0.1) is 10.2 Å². The molecule has 0 spiro atoms. The second-order valence-electron chi connectivity index (χ2n) is 4.35. The zero-order valence-electron chi connectivity index (χ0n) is 11.3. The van der Waals surface area contributed by atoms with E-state index in [2.05, 4.69) is 15.3 Å². The highest BCUT2D eigenvalue weighted by molar-refractivity contribution is 5.79. The number of rotatable bonds is 5. The smallest absolute Gasteiger partial charge is 0.191 e. The van der Waals surface area contributed by atoms with Gasteiger partial charge in [-0.25, -0.2) is 4.68 Å². The van der Waals surface area contributed by atoms with Crippen LogP contribution < -0.4 is 4.74 Å². The Kier molecular flexibility index (Phi) is 4.02. The highest BCUT2D eigenvalue weighted by Gasteiger charge is 2.03. The maximum Gasteiger partial charge on any atom is 0.191 e. The highest BCUT2D eigenvalue weighted by Crippen LogP contribution is 2.10. The molecule has 0 saturated carbocycles. The quantitative estimate of drug-likeness (QED) is 0.674. The molecule has 0 amide bonds. The molecule has 0 bridgehead atoms. The molecular formula is C16H14N4O. The van der Waals surface area contributed by atoms with Crippen LogP contribution in [0.1, 0.15) is 11.4 Å². The third-order valence-electron chi connectivity index (χ3n) is 2.84. The van der Waals surface area contributed by atoms with Crippen molar-refractivity contribution in [3.63, 3.8) is 0 Å². The van der Waals surface area contributed by atoms with Gasteiger partial charge < -0.3 is 4.74 Å². The summed E-state index contributed by atoms with van der Waals surface area (Å²) in [6.45, 7) is 0.316. The number of aromatic nitrogens is 3. The van der Waals surface area contributed by atoms with E-state index in [9.17, 15) is 0 Å². The molecule has 0 saturated heterocycles. The lowest BCUT2D eigenvalue weighted by Crippen LogP contribution is -2.03. The fourth-order valence-electron chi connectivity index (χ4n) is 1.78. The summed E-state index contributed by atoms with van der Waals surface area (Å²) >= 11 is 0. The first kappa shape index (κ1) is 13.1. The van der Waals surface area contributed by atoms with Crippen LogP contribution in [0.4, 0.5) is 0 Å². The van der Waals surface area contributed by atoms with E-state index in [-0.39, 0.29) is 0 Å². The average Bonchev–Trinajstić information content (AvgIpc) is 3.00. The van der Waals surface area contributed by atoms with Crippen LogP contribution in [0.3, 0.4) is 0 Å². The molecule has 21 heavy (non-hydrogen) atoms. The average molecular weight is 278 g/mol. The second kappa shape index (κ2) is 6.47. The Morgan fingerprint density at radius 2 is 1.71 bits per heavy atom. The van der Waals surface area contributed by atoms with Crippen molar-refractivity contribution in [3.05, 3.63) is 78.4 Å². The molecule has 1 aromatic heterocycles.